The van der Waals surface area contributed by atoms with E-state index in [-0.39, 0.29) is 6.54 Å². The minimum Gasteiger partial charge on any atom is -0.267 e. The summed E-state index contributed by atoms with van der Waals surface area (Å²) in [5.41, 5.74) is 1.33. The lowest BCUT2D eigenvalue weighted by Crippen LogP contribution is -2.47. The number of thiophene rings is 1. The van der Waals surface area contributed by atoms with Crippen molar-refractivity contribution in [3.8, 4) is 0 Å². The highest BCUT2D eigenvalue weighted by molar-refractivity contribution is 7.91. The molecule has 0 aliphatic carbocycles. The highest BCUT2D eigenvalue weighted by atomic mass is 32.2. The summed E-state index contributed by atoms with van der Waals surface area (Å²) >= 11 is 1.30. The Morgan fingerprint density at radius 1 is 1.00 bits per heavy atom. The van der Waals surface area contributed by atoms with Crippen LogP contribution >= 0.6 is 11.3 Å². The van der Waals surface area contributed by atoms with Crippen molar-refractivity contribution in [1.29, 1.82) is 0 Å². The Balaban J connectivity index is 1.94. The van der Waals surface area contributed by atoms with Gasteiger partial charge in [-0.3, -0.25) is 4.79 Å². The number of rotatable bonds is 2. The largest absolute Gasteiger partial charge is 0.326 e. The van der Waals surface area contributed by atoms with Crippen LogP contribution in [0.3, 0.4) is 0 Å². The number of nitrogens with one attached hydrogen (secondary N) is 1. The summed E-state index contributed by atoms with van der Waals surface area (Å²) in [5.74, 6) is -0.564. The average molecular weight is 344 g/mol. The number of anilines is 1. The molecule has 1 amide bonds. The molecular formula is C16H12N2O3S2. The zero-order valence-electron chi connectivity index (χ0n) is 11.9. The molecule has 23 heavy (non-hydrogen) atoms. The van der Waals surface area contributed by atoms with Gasteiger partial charge in [-0.1, -0.05) is 48.5 Å². The Kier molecular flexibility index (Phi) is 3.14. The molecule has 1 aliphatic rings. The molecule has 0 fully saturated rings. The predicted molar refractivity (Wildman–Crippen MR) is 90.8 cm³/mol. The summed E-state index contributed by atoms with van der Waals surface area (Å²) < 4.78 is 29.3. The fourth-order valence-electron chi connectivity index (χ4n) is 2.69. The molecule has 4 rings (SSSR count). The van der Waals surface area contributed by atoms with Crippen LogP contribution in [0.1, 0.15) is 15.2 Å². The van der Waals surface area contributed by atoms with E-state index in [2.05, 4.69) is 4.72 Å². The van der Waals surface area contributed by atoms with Gasteiger partial charge >= 0.3 is 10.2 Å². The molecule has 0 saturated heterocycles. The number of carbonyl (C=O) groups is 1. The zero-order chi connectivity index (χ0) is 16.0. The van der Waals surface area contributed by atoms with Crippen LogP contribution in [0, 0.1) is 0 Å². The van der Waals surface area contributed by atoms with Crippen LogP contribution in [0.4, 0.5) is 5.69 Å². The molecular weight excluding hydrogens is 332 g/mol. The topological polar surface area (TPSA) is 66.5 Å². The number of hydrogen-bond donors (Lipinski definition) is 1. The lowest BCUT2D eigenvalue weighted by atomic mass is 10.2. The zero-order valence-corrected chi connectivity index (χ0v) is 13.5. The van der Waals surface area contributed by atoms with Crippen molar-refractivity contribution >= 4 is 43.2 Å². The van der Waals surface area contributed by atoms with Gasteiger partial charge < -0.3 is 0 Å². The first-order valence-corrected chi connectivity index (χ1v) is 9.22. The number of fused-ring (bicyclic) bond motifs is 3. The van der Waals surface area contributed by atoms with Gasteiger partial charge in [0.05, 0.1) is 12.2 Å². The number of carbonyl (C=O) groups excluding carboxylic acids is 1. The van der Waals surface area contributed by atoms with Crippen LogP contribution in [-0.2, 0) is 16.8 Å². The van der Waals surface area contributed by atoms with E-state index in [0.29, 0.717) is 10.6 Å². The molecule has 1 aliphatic heterocycles. The van der Waals surface area contributed by atoms with Crippen molar-refractivity contribution in [2.75, 3.05) is 4.31 Å². The molecule has 116 valence electrons. The maximum atomic E-state index is 12.5. The van der Waals surface area contributed by atoms with Gasteiger partial charge in [0.25, 0.3) is 5.91 Å². The van der Waals surface area contributed by atoms with E-state index < -0.39 is 16.1 Å². The van der Waals surface area contributed by atoms with Gasteiger partial charge in [-0.15, -0.1) is 11.3 Å². The van der Waals surface area contributed by atoms with Gasteiger partial charge in [0.1, 0.15) is 4.88 Å². The quantitative estimate of drug-likeness (QED) is 0.777. The van der Waals surface area contributed by atoms with Gasteiger partial charge in [-0.05, 0) is 11.6 Å². The number of hydrogen-bond acceptors (Lipinski definition) is 4. The predicted octanol–water partition coefficient (Wildman–Crippen LogP) is 2.90. The Morgan fingerprint density at radius 3 is 2.48 bits per heavy atom. The van der Waals surface area contributed by atoms with Crippen LogP contribution in [0.2, 0.25) is 0 Å². The number of amides is 1. The van der Waals surface area contributed by atoms with Crippen LogP contribution in [-0.4, -0.2) is 14.3 Å². The third kappa shape index (κ3) is 2.29. The van der Waals surface area contributed by atoms with E-state index in [9.17, 15) is 13.2 Å². The van der Waals surface area contributed by atoms with Crippen molar-refractivity contribution in [2.24, 2.45) is 0 Å². The fourth-order valence-corrected chi connectivity index (χ4v) is 5.11. The summed E-state index contributed by atoms with van der Waals surface area (Å²) in [6.07, 6.45) is 0. The van der Waals surface area contributed by atoms with Gasteiger partial charge in [-0.25, -0.2) is 9.03 Å². The third-order valence-corrected chi connectivity index (χ3v) is 6.20. The van der Waals surface area contributed by atoms with Crippen LogP contribution in [0.5, 0.6) is 0 Å². The van der Waals surface area contributed by atoms with E-state index in [0.717, 1.165) is 15.6 Å². The van der Waals surface area contributed by atoms with Crippen molar-refractivity contribution in [1.82, 2.24) is 4.72 Å². The third-order valence-electron chi connectivity index (χ3n) is 3.71. The van der Waals surface area contributed by atoms with E-state index in [1.807, 2.05) is 54.6 Å². The normalized spacial score (nSPS) is 16.2. The molecule has 0 saturated carbocycles. The fraction of sp³-hybridized carbons (Fsp3) is 0.0625. The van der Waals surface area contributed by atoms with E-state index in [1.165, 1.54) is 15.6 Å². The van der Waals surface area contributed by atoms with E-state index in [1.54, 1.807) is 0 Å². The first-order chi connectivity index (χ1) is 11.1. The maximum Gasteiger partial charge on any atom is 0.326 e. The highest BCUT2D eigenvalue weighted by Crippen LogP contribution is 2.41. The maximum absolute atomic E-state index is 12.5. The van der Waals surface area contributed by atoms with Gasteiger partial charge in [0.15, 0.2) is 0 Å². The van der Waals surface area contributed by atoms with Crippen molar-refractivity contribution in [3.63, 3.8) is 0 Å². The lowest BCUT2D eigenvalue weighted by molar-refractivity contribution is 0.0984. The van der Waals surface area contributed by atoms with E-state index >= 15 is 0 Å². The van der Waals surface area contributed by atoms with Crippen molar-refractivity contribution in [2.45, 2.75) is 6.54 Å². The number of benzene rings is 2. The molecule has 0 unspecified atom stereocenters. The van der Waals surface area contributed by atoms with Gasteiger partial charge in [0.2, 0.25) is 0 Å². The van der Waals surface area contributed by atoms with Crippen molar-refractivity contribution in [3.05, 3.63) is 65.0 Å². The summed E-state index contributed by atoms with van der Waals surface area (Å²) in [6.45, 7) is 0.178. The lowest BCUT2D eigenvalue weighted by Gasteiger charge is -2.28. The Morgan fingerprint density at radius 2 is 1.70 bits per heavy atom. The number of nitrogens with zero attached hydrogens (tertiary/aromatic N) is 1. The Hall–Kier alpha value is -2.38. The first kappa shape index (κ1) is 14.2. The molecule has 2 heterocycles. The molecule has 1 N–H and O–H groups in total. The average Bonchev–Trinajstić information content (AvgIpc) is 2.92. The second kappa shape index (κ2) is 5.07. The molecule has 3 aromatic rings. The Bertz CT molecular complexity index is 1010. The summed E-state index contributed by atoms with van der Waals surface area (Å²) in [7, 11) is -3.91. The summed E-state index contributed by atoms with van der Waals surface area (Å²) in [5, 5.41) is 0.779. The van der Waals surface area contributed by atoms with Crippen molar-refractivity contribution < 1.29 is 13.2 Å². The van der Waals surface area contributed by atoms with Crippen LogP contribution in [0.25, 0.3) is 10.1 Å². The molecule has 0 radical (unpaired) electrons. The van der Waals surface area contributed by atoms with Crippen LogP contribution in [0.15, 0.2) is 54.6 Å². The molecule has 1 aromatic heterocycles. The second-order valence-electron chi connectivity index (χ2n) is 5.20. The van der Waals surface area contributed by atoms with Gasteiger partial charge in [0, 0.05) is 10.1 Å². The first-order valence-electron chi connectivity index (χ1n) is 6.96. The summed E-state index contributed by atoms with van der Waals surface area (Å²) in [6, 6.07) is 16.8. The van der Waals surface area contributed by atoms with E-state index in [4.69, 9.17) is 0 Å². The second-order valence-corrected chi connectivity index (χ2v) is 7.85. The molecule has 5 nitrogen and oxygen atoms in total. The molecule has 0 atom stereocenters. The smallest absolute Gasteiger partial charge is 0.267 e. The minimum absolute atomic E-state index is 0.178. The van der Waals surface area contributed by atoms with Gasteiger partial charge in [-0.2, -0.15) is 8.42 Å². The van der Waals surface area contributed by atoms with Crippen LogP contribution < -0.4 is 9.03 Å². The monoisotopic (exact) mass is 344 g/mol. The highest BCUT2D eigenvalue weighted by Gasteiger charge is 2.37. The minimum atomic E-state index is -3.91. The molecule has 7 heteroatoms. The standard InChI is InChI=1S/C16H12N2O3S2/c19-16-15-14(12-8-4-5-9-13(12)22-15)18(23(20,21)17-16)10-11-6-2-1-3-7-11/h1-9H,10H2,(H,17,19). The Labute approximate surface area is 137 Å². The molecule has 0 spiro atoms. The molecule has 2 aromatic carbocycles. The summed E-state index contributed by atoms with van der Waals surface area (Å²) in [4.78, 5) is 12.6. The SMILES string of the molecule is O=C1NS(=O)(=O)N(Cc2ccccc2)c2c1sc1ccccc21. The molecule has 0 bridgehead atoms.